The zero-order chi connectivity index (χ0) is 12.1. The molecule has 0 bridgehead atoms. The van der Waals surface area contributed by atoms with E-state index in [0.717, 1.165) is 5.69 Å². The van der Waals surface area contributed by atoms with Crippen molar-refractivity contribution in [2.45, 2.75) is 26.8 Å². The molecule has 1 unspecified atom stereocenters. The Morgan fingerprint density at radius 2 is 2.31 bits per heavy atom. The second-order valence-corrected chi connectivity index (χ2v) is 3.62. The lowest BCUT2D eigenvalue weighted by Crippen LogP contribution is -2.28. The smallest absolute Gasteiger partial charge is 0.328 e. The lowest BCUT2D eigenvalue weighted by Gasteiger charge is -2.13. The van der Waals surface area contributed by atoms with Gasteiger partial charge in [-0.1, -0.05) is 0 Å². The molecule has 0 amide bonds. The molecule has 0 aliphatic carbocycles. The molecular formula is C10H14ClN3O2. The number of esters is 1. The van der Waals surface area contributed by atoms with Gasteiger partial charge in [-0.25, -0.2) is 14.8 Å². The molecule has 0 spiro atoms. The highest BCUT2D eigenvalue weighted by Crippen LogP contribution is 2.11. The summed E-state index contributed by atoms with van der Waals surface area (Å²) in [4.78, 5) is 19.2. The molecule has 1 rings (SSSR count). The largest absolute Gasteiger partial charge is 0.464 e. The van der Waals surface area contributed by atoms with Crippen molar-refractivity contribution >= 4 is 23.4 Å². The third-order valence-corrected chi connectivity index (χ3v) is 2.00. The molecule has 1 aromatic heterocycles. The van der Waals surface area contributed by atoms with Gasteiger partial charge in [-0.2, -0.15) is 0 Å². The van der Waals surface area contributed by atoms with Gasteiger partial charge in [-0.3, -0.25) is 0 Å². The van der Waals surface area contributed by atoms with Crippen molar-refractivity contribution in [3.05, 3.63) is 17.0 Å². The monoisotopic (exact) mass is 243 g/mol. The summed E-state index contributed by atoms with van der Waals surface area (Å²) >= 11 is 5.70. The highest BCUT2D eigenvalue weighted by Gasteiger charge is 2.14. The van der Waals surface area contributed by atoms with Crippen LogP contribution in [0.3, 0.4) is 0 Å². The predicted octanol–water partition coefficient (Wildman–Crippen LogP) is 1.80. The number of aromatic nitrogens is 2. The Balaban J connectivity index is 2.69. The van der Waals surface area contributed by atoms with E-state index in [1.54, 1.807) is 26.8 Å². The summed E-state index contributed by atoms with van der Waals surface area (Å²) in [6.45, 7) is 5.61. The number of nitrogens with zero attached hydrogens (tertiary/aromatic N) is 2. The Labute approximate surface area is 99.2 Å². The van der Waals surface area contributed by atoms with Crippen LogP contribution in [0.1, 0.15) is 19.5 Å². The first-order chi connectivity index (χ1) is 7.52. The van der Waals surface area contributed by atoms with E-state index in [0.29, 0.717) is 12.4 Å². The van der Waals surface area contributed by atoms with E-state index in [1.807, 2.05) is 0 Å². The summed E-state index contributed by atoms with van der Waals surface area (Å²) in [7, 11) is 0. The Kier molecular flexibility index (Phi) is 4.49. The number of ether oxygens (including phenoxy) is 1. The van der Waals surface area contributed by atoms with E-state index in [1.165, 1.54) is 0 Å². The number of anilines is 1. The second kappa shape index (κ2) is 5.65. The van der Waals surface area contributed by atoms with Crippen molar-refractivity contribution in [1.82, 2.24) is 9.97 Å². The average Bonchev–Trinajstić information content (AvgIpc) is 2.16. The van der Waals surface area contributed by atoms with E-state index < -0.39 is 6.04 Å². The van der Waals surface area contributed by atoms with Gasteiger partial charge >= 0.3 is 5.97 Å². The number of aryl methyl sites for hydroxylation is 1. The Morgan fingerprint density at radius 1 is 1.62 bits per heavy atom. The van der Waals surface area contributed by atoms with Gasteiger partial charge in [0.15, 0.2) is 0 Å². The number of rotatable bonds is 4. The van der Waals surface area contributed by atoms with E-state index in [9.17, 15) is 4.79 Å². The van der Waals surface area contributed by atoms with E-state index >= 15 is 0 Å². The fourth-order valence-electron chi connectivity index (χ4n) is 1.15. The van der Waals surface area contributed by atoms with Crippen LogP contribution in [-0.2, 0) is 9.53 Å². The molecule has 88 valence electrons. The van der Waals surface area contributed by atoms with Crippen LogP contribution in [0.25, 0.3) is 0 Å². The van der Waals surface area contributed by atoms with Gasteiger partial charge in [-0.15, -0.1) is 0 Å². The molecule has 5 nitrogen and oxygen atoms in total. The fraction of sp³-hybridized carbons (Fsp3) is 0.500. The summed E-state index contributed by atoms with van der Waals surface area (Å²) in [6.07, 6.45) is 0. The van der Waals surface area contributed by atoms with Gasteiger partial charge in [0.05, 0.1) is 6.61 Å². The SMILES string of the molecule is CCOC(=O)C(C)Nc1cc(C)nc(Cl)n1. The minimum absolute atomic E-state index is 0.151. The molecule has 1 N–H and O–H groups in total. The van der Waals surface area contributed by atoms with Crippen molar-refractivity contribution in [2.75, 3.05) is 11.9 Å². The maximum Gasteiger partial charge on any atom is 0.328 e. The molecular weight excluding hydrogens is 230 g/mol. The summed E-state index contributed by atoms with van der Waals surface area (Å²) in [5.41, 5.74) is 0.735. The van der Waals surface area contributed by atoms with Gasteiger partial charge in [0.2, 0.25) is 5.28 Å². The molecule has 0 saturated heterocycles. The molecule has 16 heavy (non-hydrogen) atoms. The number of hydrogen-bond donors (Lipinski definition) is 1. The predicted molar refractivity (Wildman–Crippen MR) is 61.5 cm³/mol. The summed E-state index contributed by atoms with van der Waals surface area (Å²) < 4.78 is 4.86. The van der Waals surface area contributed by atoms with Crippen LogP contribution in [-0.4, -0.2) is 28.6 Å². The number of nitrogens with one attached hydrogen (secondary N) is 1. The molecule has 6 heteroatoms. The molecule has 0 aliphatic rings. The maximum atomic E-state index is 11.4. The van der Waals surface area contributed by atoms with Gasteiger partial charge in [0.25, 0.3) is 0 Å². The first-order valence-electron chi connectivity index (χ1n) is 4.97. The summed E-state index contributed by atoms with van der Waals surface area (Å²) in [5, 5.41) is 3.05. The first kappa shape index (κ1) is 12.7. The highest BCUT2D eigenvalue weighted by atomic mass is 35.5. The first-order valence-corrected chi connectivity index (χ1v) is 5.35. The number of hydrogen-bond acceptors (Lipinski definition) is 5. The molecule has 0 saturated carbocycles. The topological polar surface area (TPSA) is 64.1 Å². The van der Waals surface area contributed by atoms with Crippen molar-refractivity contribution < 1.29 is 9.53 Å². The summed E-state index contributed by atoms with van der Waals surface area (Å²) in [5.74, 6) is 0.188. The molecule has 1 aromatic rings. The van der Waals surface area contributed by atoms with Crippen LogP contribution in [0.2, 0.25) is 5.28 Å². The minimum atomic E-state index is -0.467. The quantitative estimate of drug-likeness (QED) is 0.645. The van der Waals surface area contributed by atoms with Gasteiger partial charge in [0, 0.05) is 11.8 Å². The molecule has 1 heterocycles. The van der Waals surface area contributed by atoms with Crippen molar-refractivity contribution in [3.63, 3.8) is 0 Å². The zero-order valence-corrected chi connectivity index (χ0v) is 10.2. The lowest BCUT2D eigenvalue weighted by molar-refractivity contribution is -0.143. The second-order valence-electron chi connectivity index (χ2n) is 3.28. The standard InChI is InChI=1S/C10H14ClN3O2/c1-4-16-9(15)7(3)13-8-5-6(2)12-10(11)14-8/h5,7H,4H2,1-3H3,(H,12,13,14). The summed E-state index contributed by atoms with van der Waals surface area (Å²) in [6, 6.07) is 1.24. The number of halogens is 1. The van der Waals surface area contributed by atoms with Crippen molar-refractivity contribution in [1.29, 1.82) is 0 Å². The Morgan fingerprint density at radius 3 is 2.88 bits per heavy atom. The van der Waals surface area contributed by atoms with Crippen molar-refractivity contribution in [2.24, 2.45) is 0 Å². The molecule has 0 fully saturated rings. The number of carbonyl (C=O) groups excluding carboxylic acids is 1. The van der Waals surface area contributed by atoms with Crippen molar-refractivity contribution in [3.8, 4) is 0 Å². The fourth-order valence-corrected chi connectivity index (χ4v) is 1.38. The van der Waals surface area contributed by atoms with Gasteiger partial charge in [-0.05, 0) is 32.4 Å². The van der Waals surface area contributed by atoms with Crippen LogP contribution in [0.5, 0.6) is 0 Å². The van der Waals surface area contributed by atoms with E-state index in [-0.39, 0.29) is 11.3 Å². The van der Waals surface area contributed by atoms with Gasteiger partial charge < -0.3 is 10.1 Å². The van der Waals surface area contributed by atoms with E-state index in [2.05, 4.69) is 15.3 Å². The lowest BCUT2D eigenvalue weighted by atomic mass is 10.3. The third-order valence-electron chi connectivity index (χ3n) is 1.83. The molecule has 0 aromatic carbocycles. The molecule has 0 radical (unpaired) electrons. The van der Waals surface area contributed by atoms with Crippen LogP contribution in [0.4, 0.5) is 5.82 Å². The average molecular weight is 244 g/mol. The van der Waals surface area contributed by atoms with Gasteiger partial charge in [0.1, 0.15) is 11.9 Å². The molecule has 0 aliphatic heterocycles. The van der Waals surface area contributed by atoms with Crippen LogP contribution < -0.4 is 5.32 Å². The Hall–Kier alpha value is -1.36. The van der Waals surface area contributed by atoms with Crippen LogP contribution >= 0.6 is 11.6 Å². The third kappa shape index (κ3) is 3.66. The zero-order valence-electron chi connectivity index (χ0n) is 9.45. The normalized spacial score (nSPS) is 12.0. The Bertz CT molecular complexity index is 364. The van der Waals surface area contributed by atoms with Crippen LogP contribution in [0, 0.1) is 6.92 Å². The minimum Gasteiger partial charge on any atom is -0.464 e. The van der Waals surface area contributed by atoms with Crippen LogP contribution in [0.15, 0.2) is 6.07 Å². The molecule has 1 atom stereocenters. The maximum absolute atomic E-state index is 11.4. The highest BCUT2D eigenvalue weighted by molar-refractivity contribution is 6.28. The number of carbonyl (C=O) groups is 1. The van der Waals surface area contributed by atoms with E-state index in [4.69, 9.17) is 16.3 Å².